The predicted molar refractivity (Wildman–Crippen MR) is 91.6 cm³/mol. The van der Waals surface area contributed by atoms with Crippen LogP contribution in [0.3, 0.4) is 0 Å². The fourth-order valence-electron chi connectivity index (χ4n) is 0. The molecule has 0 rings (SSSR count). The molecule has 12 N–H and O–H groups in total. The van der Waals surface area contributed by atoms with Crippen LogP contribution >= 0.6 is 0 Å². The molecule has 0 aliphatic heterocycles. The fourth-order valence-corrected chi connectivity index (χ4v) is 0. The van der Waals surface area contributed by atoms with Gasteiger partial charge in [-0.15, -0.1) is 0 Å². The number of nitriles is 1. The average Bonchev–Trinajstić information content (AvgIpc) is 2.22. The molecule has 0 aliphatic rings. The molecule has 0 aliphatic carbocycles. The second-order valence-electron chi connectivity index (χ2n) is 1.74. The first-order chi connectivity index (χ1) is 11.8. The molecule has 214 valence electrons. The summed E-state index contributed by atoms with van der Waals surface area (Å²) in [6.45, 7) is 1.43. The van der Waals surface area contributed by atoms with Gasteiger partial charge in [0.05, 0.1) is 6.07 Å². The quantitative estimate of drug-likeness (QED) is 0.0792. The minimum atomic E-state index is -3.70. The van der Waals surface area contributed by atoms with Gasteiger partial charge in [0.15, 0.2) is 0 Å². The van der Waals surface area contributed by atoms with Crippen LogP contribution in [0.1, 0.15) is 6.92 Å². The first kappa shape index (κ1) is 83.5. The fraction of sp³-hybridized carbons (Fsp3) is 0.500. The molecule has 31 heteroatoms. The molecule has 6 radical (unpaired) electrons. The van der Waals surface area contributed by atoms with Crippen molar-refractivity contribution in [3.63, 3.8) is 0 Å². The van der Waals surface area contributed by atoms with Gasteiger partial charge >= 0.3 is 185 Å². The van der Waals surface area contributed by atoms with Crippen molar-refractivity contribution in [3.05, 3.63) is 0 Å². The van der Waals surface area contributed by atoms with E-state index in [1.807, 2.05) is 0 Å². The molecule has 0 amide bonds. The zero-order chi connectivity index (χ0) is 24.2. The SMILES string of the molecule is CC#N.F.F.F.F.F.F.[O]=[Sb]([OH])[OH].[O]=[Sb]([OH])[OH].[O]=[Sb]([OH])[OH].[O]=[Sb]([OH])[OH].[O]=[Sb]([OH])[OH].[O]=[Sb]([OH])[OH]. The first-order valence-electron chi connectivity index (χ1n) is 4.22. The Bertz CT molecular complexity index is 361. The van der Waals surface area contributed by atoms with Crippen molar-refractivity contribution in [1.82, 2.24) is 0 Å². The van der Waals surface area contributed by atoms with Gasteiger partial charge in [0.2, 0.25) is 0 Å². The van der Waals surface area contributed by atoms with Crippen molar-refractivity contribution in [2.45, 2.75) is 6.92 Å². The molecule has 0 spiro atoms. The molecule has 0 heterocycles. The van der Waals surface area contributed by atoms with Gasteiger partial charge in [-0.05, 0) is 0 Å². The Morgan fingerprint density at radius 3 is 0.394 bits per heavy atom. The van der Waals surface area contributed by atoms with Gasteiger partial charge in [0.25, 0.3) is 0 Å². The van der Waals surface area contributed by atoms with Crippen molar-refractivity contribution in [2.75, 3.05) is 0 Å². The third-order valence-electron chi connectivity index (χ3n) is 0. The van der Waals surface area contributed by atoms with E-state index in [0.29, 0.717) is 0 Å². The molecule has 0 aromatic heterocycles. The van der Waals surface area contributed by atoms with E-state index in [9.17, 15) is 0 Å². The molecule has 0 saturated carbocycles. The molecular formula is C2H21F6NO18Sb6. The standard InChI is InChI=1S/C2H3N.6FH.12H2O.6O.6Sb/c1-2-3;;;;;;;;;;;;;;;;;;;;;;;;;;;;;;/h1H3;6*1H;12*1H2;;;;;;;;;;;;/q;;;;;;;;;;;;;;;;;;;;;;;;;6*+2/p-12. The van der Waals surface area contributed by atoms with Gasteiger partial charge in [-0.1, -0.05) is 0 Å². The number of hydrogen-bond donors (Lipinski definition) is 12. The summed E-state index contributed by atoms with van der Waals surface area (Å²) in [6.07, 6.45) is 0. The molecule has 0 saturated heterocycles. The Labute approximate surface area is 228 Å². The summed E-state index contributed by atoms with van der Waals surface area (Å²) in [6, 6.07) is 1.75. The summed E-state index contributed by atoms with van der Waals surface area (Å²) in [5.74, 6) is 0. The molecule has 33 heavy (non-hydrogen) atoms. The van der Waals surface area contributed by atoms with Gasteiger partial charge in [0, 0.05) is 6.92 Å². The number of rotatable bonds is 0. The van der Waals surface area contributed by atoms with E-state index in [2.05, 4.69) is 0 Å². The normalized spacial score (nSPS) is 4.97. The van der Waals surface area contributed by atoms with Crippen molar-refractivity contribution < 1.29 is 87.0 Å². The average molecular weight is 1190 g/mol. The third kappa shape index (κ3) is 6770. The summed E-state index contributed by atoms with van der Waals surface area (Å²) in [4.78, 5) is 0. The molecular weight excluding hydrogens is 1170 g/mol. The van der Waals surface area contributed by atoms with E-state index in [0.717, 1.165) is 0 Å². The minimum absolute atomic E-state index is 0. The van der Waals surface area contributed by atoms with Crippen molar-refractivity contribution in [1.29, 1.82) is 5.26 Å². The van der Waals surface area contributed by atoms with Gasteiger partial charge < -0.3 is 0 Å². The Hall–Kier alpha value is 2.30. The topological polar surface area (TPSA) is 369 Å². The molecule has 0 aromatic rings. The molecule has 19 nitrogen and oxygen atoms in total. The van der Waals surface area contributed by atoms with E-state index in [1.165, 1.54) is 6.92 Å². The first-order valence-corrected chi connectivity index (χ1v) is 24.2. The predicted octanol–water partition coefficient (Wildman–Crippen LogP) is -8.24. The molecule has 0 unspecified atom stereocenters. The van der Waals surface area contributed by atoms with Crippen LogP contribution in [0.15, 0.2) is 0 Å². The molecule has 0 bridgehead atoms. The van der Waals surface area contributed by atoms with Gasteiger partial charge in [0.1, 0.15) is 0 Å². The van der Waals surface area contributed by atoms with Crippen molar-refractivity contribution in [3.8, 4) is 6.07 Å². The van der Waals surface area contributed by atoms with E-state index in [4.69, 9.17) is 64.0 Å². The Balaban J connectivity index is -0.0000000125. The molecule has 0 aromatic carbocycles. The van der Waals surface area contributed by atoms with E-state index < -0.39 is 126 Å². The van der Waals surface area contributed by atoms with Crippen LogP contribution < -0.4 is 0 Å². The monoisotopic (exact) mass is 1190 g/mol. The summed E-state index contributed by atoms with van der Waals surface area (Å²) >= 11 is -22.2. The van der Waals surface area contributed by atoms with Crippen LogP contribution in [0.25, 0.3) is 0 Å². The third-order valence-corrected chi connectivity index (χ3v) is 0. The number of halogens is 6. The van der Waals surface area contributed by atoms with Crippen LogP contribution in [0, 0.1) is 11.3 Å². The van der Waals surface area contributed by atoms with Crippen LogP contribution in [0.2, 0.25) is 0 Å². The molecule has 0 fully saturated rings. The van der Waals surface area contributed by atoms with Gasteiger partial charge in [-0.2, -0.15) is 5.26 Å². The van der Waals surface area contributed by atoms with Crippen LogP contribution in [0.5, 0.6) is 0 Å². The Morgan fingerprint density at radius 1 is 0.394 bits per heavy atom. The second kappa shape index (κ2) is 83.8. The zero-order valence-corrected chi connectivity index (χ0v) is 30.2. The van der Waals surface area contributed by atoms with Gasteiger partial charge in [-0.3, -0.25) is 28.2 Å². The van der Waals surface area contributed by atoms with Crippen molar-refractivity contribution >= 4 is 126 Å². The van der Waals surface area contributed by atoms with Crippen LogP contribution in [-0.2, 0) is 18.1 Å². The van der Waals surface area contributed by atoms with E-state index in [1.54, 1.807) is 6.07 Å². The van der Waals surface area contributed by atoms with Crippen molar-refractivity contribution in [2.24, 2.45) is 0 Å². The number of nitrogens with zero attached hydrogens (tertiary/aromatic N) is 1. The maximum absolute atomic E-state index is 8.82. The summed E-state index contributed by atoms with van der Waals surface area (Å²) in [5, 5.41) is 7.32. The van der Waals surface area contributed by atoms with Gasteiger partial charge in [-0.25, -0.2) is 0 Å². The summed E-state index contributed by atoms with van der Waals surface area (Å²) < 4.78 is 140. The van der Waals surface area contributed by atoms with E-state index in [-0.39, 0.29) is 28.2 Å². The van der Waals surface area contributed by atoms with Crippen LogP contribution in [-0.4, -0.2) is 167 Å². The van der Waals surface area contributed by atoms with E-state index >= 15 is 0 Å². The molecule has 0 atom stereocenters. The number of hydrogen-bond acceptors (Lipinski definition) is 7. The zero-order valence-electron chi connectivity index (χ0n) is 14.9. The Morgan fingerprint density at radius 2 is 0.394 bits per heavy atom. The summed E-state index contributed by atoms with van der Waals surface area (Å²) in [7, 11) is 0. The second-order valence-corrected chi connectivity index (χ2v) is 10.4. The summed E-state index contributed by atoms with van der Waals surface area (Å²) in [5.41, 5.74) is 0. The Kier molecular flexibility index (Phi) is 212. The maximum atomic E-state index is 8.82. The van der Waals surface area contributed by atoms with Crippen LogP contribution in [0.4, 0.5) is 28.2 Å².